The van der Waals surface area contributed by atoms with Crippen LogP contribution in [0, 0.1) is 6.92 Å². The number of aryl methyl sites for hydroxylation is 1. The Morgan fingerprint density at radius 2 is 1.93 bits per heavy atom. The summed E-state index contributed by atoms with van der Waals surface area (Å²) in [6, 6.07) is 9.80. The van der Waals surface area contributed by atoms with E-state index in [0.29, 0.717) is 10.7 Å². The van der Waals surface area contributed by atoms with E-state index in [0.717, 1.165) is 47.6 Å². The van der Waals surface area contributed by atoms with Crippen molar-refractivity contribution in [1.29, 1.82) is 0 Å². The topological polar surface area (TPSA) is 44.8 Å². The molecule has 1 saturated heterocycles. The van der Waals surface area contributed by atoms with Gasteiger partial charge < -0.3 is 15.0 Å². The molecule has 0 unspecified atom stereocenters. The SMILES string of the molecule is COC(=O)c1cc(C)sc1NC(=S)N1CCN(Cc2ccc(Cl)cc2)CC1. The Bertz CT molecular complexity index is 815. The van der Waals surface area contributed by atoms with E-state index >= 15 is 0 Å². The number of nitrogens with one attached hydrogen (secondary N) is 1. The second-order valence-corrected chi connectivity index (χ2v) is 8.49. The summed E-state index contributed by atoms with van der Waals surface area (Å²) in [7, 11) is 1.39. The molecule has 0 aliphatic carbocycles. The van der Waals surface area contributed by atoms with Gasteiger partial charge in [0.1, 0.15) is 5.00 Å². The van der Waals surface area contributed by atoms with Gasteiger partial charge in [-0.05, 0) is 42.9 Å². The van der Waals surface area contributed by atoms with Crippen LogP contribution in [0.2, 0.25) is 5.02 Å². The molecule has 2 aromatic rings. The maximum absolute atomic E-state index is 11.9. The predicted octanol–water partition coefficient (Wildman–Crippen LogP) is 4.01. The zero-order valence-corrected chi connectivity index (χ0v) is 17.7. The standard InChI is InChI=1S/C19H22ClN3O2S2/c1-13-11-16(18(24)25-2)17(27-13)21-19(26)23-9-7-22(8-10-23)12-14-3-5-15(20)6-4-14/h3-6,11H,7-10,12H2,1-2H3,(H,21,26). The smallest absolute Gasteiger partial charge is 0.340 e. The molecule has 3 rings (SSSR count). The van der Waals surface area contributed by atoms with Crippen LogP contribution in [-0.2, 0) is 11.3 Å². The number of hydrogen-bond donors (Lipinski definition) is 1. The first kappa shape index (κ1) is 20.1. The number of thiophene rings is 1. The maximum atomic E-state index is 11.9. The lowest BCUT2D eigenvalue weighted by Crippen LogP contribution is -2.49. The summed E-state index contributed by atoms with van der Waals surface area (Å²) < 4.78 is 4.85. The van der Waals surface area contributed by atoms with Crippen molar-refractivity contribution < 1.29 is 9.53 Å². The molecule has 5 nitrogen and oxygen atoms in total. The number of methoxy groups -OCH3 is 1. The van der Waals surface area contributed by atoms with E-state index < -0.39 is 0 Å². The average Bonchev–Trinajstić information content (AvgIpc) is 3.03. The summed E-state index contributed by atoms with van der Waals surface area (Å²) in [6.45, 7) is 6.41. The highest BCUT2D eigenvalue weighted by molar-refractivity contribution is 7.80. The molecule has 0 spiro atoms. The fourth-order valence-electron chi connectivity index (χ4n) is 3.00. The summed E-state index contributed by atoms with van der Waals surface area (Å²) in [5, 5.41) is 5.38. The van der Waals surface area contributed by atoms with Crippen LogP contribution in [0.3, 0.4) is 0 Å². The normalized spacial score (nSPS) is 14.9. The molecule has 1 N–H and O–H groups in total. The van der Waals surface area contributed by atoms with Gasteiger partial charge in [0.15, 0.2) is 5.11 Å². The lowest BCUT2D eigenvalue weighted by Gasteiger charge is -2.36. The van der Waals surface area contributed by atoms with Crippen LogP contribution in [0.1, 0.15) is 20.8 Å². The van der Waals surface area contributed by atoms with Crippen molar-refractivity contribution >= 4 is 51.2 Å². The number of carbonyl (C=O) groups excluding carboxylic acids is 1. The van der Waals surface area contributed by atoms with Gasteiger partial charge in [0.2, 0.25) is 0 Å². The van der Waals surface area contributed by atoms with Crippen molar-refractivity contribution in [2.24, 2.45) is 0 Å². The summed E-state index contributed by atoms with van der Waals surface area (Å²) in [5.41, 5.74) is 1.79. The highest BCUT2D eigenvalue weighted by Crippen LogP contribution is 2.28. The summed E-state index contributed by atoms with van der Waals surface area (Å²) in [4.78, 5) is 17.5. The summed E-state index contributed by atoms with van der Waals surface area (Å²) in [5.74, 6) is -0.350. The number of halogens is 1. The molecular formula is C19H22ClN3O2S2. The molecule has 0 radical (unpaired) electrons. The van der Waals surface area contributed by atoms with Gasteiger partial charge in [-0.3, -0.25) is 4.90 Å². The minimum Gasteiger partial charge on any atom is -0.465 e. The quantitative estimate of drug-likeness (QED) is 0.592. The fourth-order valence-corrected chi connectivity index (χ4v) is 4.38. The van der Waals surface area contributed by atoms with Crippen molar-refractivity contribution in [1.82, 2.24) is 9.80 Å². The lowest BCUT2D eigenvalue weighted by molar-refractivity contribution is 0.0602. The molecule has 0 saturated carbocycles. The Balaban J connectivity index is 1.54. The molecule has 8 heteroatoms. The van der Waals surface area contributed by atoms with E-state index in [4.69, 9.17) is 28.6 Å². The van der Waals surface area contributed by atoms with E-state index in [2.05, 4.69) is 27.2 Å². The van der Waals surface area contributed by atoms with E-state index in [1.807, 2.05) is 25.1 Å². The molecule has 1 aliphatic heterocycles. The number of carbonyl (C=O) groups is 1. The number of benzene rings is 1. The number of esters is 1. The first-order valence-corrected chi connectivity index (χ1v) is 10.3. The molecule has 1 aromatic carbocycles. The predicted molar refractivity (Wildman–Crippen MR) is 115 cm³/mol. The molecular weight excluding hydrogens is 402 g/mol. The van der Waals surface area contributed by atoms with Gasteiger partial charge in [-0.25, -0.2) is 4.79 Å². The minimum absolute atomic E-state index is 0.350. The van der Waals surface area contributed by atoms with E-state index in [9.17, 15) is 4.79 Å². The minimum atomic E-state index is -0.350. The van der Waals surface area contributed by atoms with Gasteiger partial charge >= 0.3 is 5.97 Å². The second-order valence-electron chi connectivity index (χ2n) is 6.41. The van der Waals surface area contributed by atoms with Gasteiger partial charge in [0.25, 0.3) is 0 Å². The summed E-state index contributed by atoms with van der Waals surface area (Å²) >= 11 is 13.0. The fraction of sp³-hybridized carbons (Fsp3) is 0.368. The van der Waals surface area contributed by atoms with Gasteiger partial charge in [-0.1, -0.05) is 23.7 Å². The van der Waals surface area contributed by atoms with Crippen molar-refractivity contribution in [3.63, 3.8) is 0 Å². The number of rotatable bonds is 4. The van der Waals surface area contributed by atoms with Crippen molar-refractivity contribution in [3.05, 3.63) is 51.4 Å². The molecule has 1 fully saturated rings. The lowest BCUT2D eigenvalue weighted by atomic mass is 10.2. The largest absolute Gasteiger partial charge is 0.465 e. The van der Waals surface area contributed by atoms with Crippen LogP contribution >= 0.6 is 35.2 Å². The van der Waals surface area contributed by atoms with Gasteiger partial charge in [-0.15, -0.1) is 11.3 Å². The van der Waals surface area contributed by atoms with E-state index in [1.165, 1.54) is 24.0 Å². The monoisotopic (exact) mass is 423 g/mol. The molecule has 0 bridgehead atoms. The second kappa shape index (κ2) is 9.01. The van der Waals surface area contributed by atoms with Crippen LogP contribution in [0.5, 0.6) is 0 Å². The van der Waals surface area contributed by atoms with Crippen LogP contribution < -0.4 is 5.32 Å². The molecule has 27 heavy (non-hydrogen) atoms. The Kier molecular flexibility index (Phi) is 6.70. The van der Waals surface area contributed by atoms with E-state index in [-0.39, 0.29) is 5.97 Å². The third-order valence-electron chi connectivity index (χ3n) is 4.46. The Hall–Kier alpha value is -1.67. The van der Waals surface area contributed by atoms with Gasteiger partial charge in [-0.2, -0.15) is 0 Å². The number of thiocarbonyl (C=S) groups is 1. The van der Waals surface area contributed by atoms with Gasteiger partial charge in [0, 0.05) is 42.6 Å². The van der Waals surface area contributed by atoms with Crippen molar-refractivity contribution in [2.45, 2.75) is 13.5 Å². The number of ether oxygens (including phenoxy) is 1. The third kappa shape index (κ3) is 5.19. The summed E-state index contributed by atoms with van der Waals surface area (Å²) in [6.07, 6.45) is 0. The zero-order valence-electron chi connectivity index (χ0n) is 15.3. The number of hydrogen-bond acceptors (Lipinski definition) is 5. The van der Waals surface area contributed by atoms with Crippen LogP contribution in [-0.4, -0.2) is 54.2 Å². The molecule has 2 heterocycles. The Labute approximate surface area is 173 Å². The average molecular weight is 424 g/mol. The molecule has 144 valence electrons. The number of nitrogens with zero attached hydrogens (tertiary/aromatic N) is 2. The first-order chi connectivity index (χ1) is 13.0. The van der Waals surface area contributed by atoms with E-state index in [1.54, 1.807) is 0 Å². The van der Waals surface area contributed by atoms with Crippen LogP contribution in [0.4, 0.5) is 5.00 Å². The zero-order chi connectivity index (χ0) is 19.4. The van der Waals surface area contributed by atoms with Gasteiger partial charge in [0.05, 0.1) is 12.7 Å². The van der Waals surface area contributed by atoms with Crippen molar-refractivity contribution in [3.8, 4) is 0 Å². The number of piperazine rings is 1. The van der Waals surface area contributed by atoms with Crippen molar-refractivity contribution in [2.75, 3.05) is 38.6 Å². The molecule has 1 aliphatic rings. The molecule has 1 aromatic heterocycles. The highest BCUT2D eigenvalue weighted by Gasteiger charge is 2.22. The Morgan fingerprint density at radius 3 is 2.56 bits per heavy atom. The highest BCUT2D eigenvalue weighted by atomic mass is 35.5. The molecule has 0 amide bonds. The first-order valence-electron chi connectivity index (χ1n) is 8.67. The third-order valence-corrected chi connectivity index (χ3v) is 6.04. The molecule has 0 atom stereocenters. The Morgan fingerprint density at radius 1 is 1.26 bits per heavy atom. The maximum Gasteiger partial charge on any atom is 0.340 e. The number of anilines is 1. The van der Waals surface area contributed by atoms with Crippen LogP contribution in [0.25, 0.3) is 0 Å². The van der Waals surface area contributed by atoms with Crippen LogP contribution in [0.15, 0.2) is 30.3 Å².